The van der Waals surface area contributed by atoms with Crippen molar-refractivity contribution in [3.05, 3.63) is 12.4 Å². The number of imidazole rings is 1. The second-order valence-corrected chi connectivity index (χ2v) is 2.97. The Morgan fingerprint density at radius 2 is 2.46 bits per heavy atom. The average molecular weight is 177 g/mol. The van der Waals surface area contributed by atoms with Gasteiger partial charge in [0.05, 0.1) is 6.34 Å². The number of fused-ring (bicyclic) bond motifs is 2. The highest BCUT2D eigenvalue weighted by Gasteiger charge is 2.37. The van der Waals surface area contributed by atoms with Crippen LogP contribution in [0.5, 0.6) is 0 Å². The highest BCUT2D eigenvalue weighted by atomic mass is 16.2. The zero-order valence-corrected chi connectivity index (χ0v) is 6.64. The van der Waals surface area contributed by atoms with E-state index in [-0.39, 0.29) is 18.1 Å². The van der Waals surface area contributed by atoms with Crippen LogP contribution >= 0.6 is 0 Å². The molecular formula is C7H7N5O. The van der Waals surface area contributed by atoms with Crippen LogP contribution in [0.2, 0.25) is 0 Å². The number of carbonyl (C=O) groups excluding carboxylic acids is 1. The third kappa shape index (κ3) is 0.742. The van der Waals surface area contributed by atoms with Crippen molar-refractivity contribution in [1.82, 2.24) is 14.9 Å². The molecule has 0 saturated carbocycles. The van der Waals surface area contributed by atoms with E-state index in [4.69, 9.17) is 0 Å². The molecule has 2 N–H and O–H groups in total. The van der Waals surface area contributed by atoms with E-state index in [0.717, 1.165) is 0 Å². The number of nitrogens with one attached hydrogen (secondary N) is 2. The highest BCUT2D eigenvalue weighted by molar-refractivity contribution is 5.92. The molecule has 3 heterocycles. The zero-order chi connectivity index (χ0) is 8.84. The van der Waals surface area contributed by atoms with E-state index >= 15 is 0 Å². The van der Waals surface area contributed by atoms with Gasteiger partial charge in [0.1, 0.15) is 6.04 Å². The Morgan fingerprint density at radius 1 is 1.54 bits per heavy atom. The second kappa shape index (κ2) is 2.09. The number of anilines is 1. The molecule has 0 amide bonds. The number of hydrogen-bond acceptors (Lipinski definition) is 5. The first-order valence-corrected chi connectivity index (χ1v) is 3.98. The van der Waals surface area contributed by atoms with Crippen molar-refractivity contribution < 1.29 is 4.79 Å². The Morgan fingerprint density at radius 3 is 3.38 bits per heavy atom. The number of carbonyl (C=O) groups is 1. The summed E-state index contributed by atoms with van der Waals surface area (Å²) >= 11 is 0. The Kier molecular flexibility index (Phi) is 1.07. The van der Waals surface area contributed by atoms with E-state index < -0.39 is 0 Å². The molecule has 0 aromatic carbocycles. The molecule has 0 spiro atoms. The van der Waals surface area contributed by atoms with Gasteiger partial charge in [-0.3, -0.25) is 9.36 Å². The summed E-state index contributed by atoms with van der Waals surface area (Å²) in [4.78, 5) is 19.8. The molecule has 0 aliphatic carbocycles. The molecule has 2 aliphatic heterocycles. The van der Waals surface area contributed by atoms with Crippen molar-refractivity contribution in [2.45, 2.75) is 12.2 Å². The fourth-order valence-corrected chi connectivity index (χ4v) is 1.58. The summed E-state index contributed by atoms with van der Waals surface area (Å²) in [7, 11) is 0. The molecule has 0 fully saturated rings. The molecule has 2 unspecified atom stereocenters. The first-order valence-electron chi connectivity index (χ1n) is 3.98. The van der Waals surface area contributed by atoms with Gasteiger partial charge in [-0.15, -0.1) is 0 Å². The van der Waals surface area contributed by atoms with Gasteiger partial charge in [-0.05, 0) is 0 Å². The minimum Gasteiger partial charge on any atom is -0.362 e. The van der Waals surface area contributed by atoms with Crippen molar-refractivity contribution in [2.75, 3.05) is 5.32 Å². The zero-order valence-electron chi connectivity index (χ0n) is 6.64. The molecule has 3 rings (SSSR count). The minimum absolute atomic E-state index is 0.0197. The summed E-state index contributed by atoms with van der Waals surface area (Å²) in [6, 6.07) is -0.290. The largest absolute Gasteiger partial charge is 0.362 e. The summed E-state index contributed by atoms with van der Waals surface area (Å²) in [6.07, 6.45) is 4.57. The van der Waals surface area contributed by atoms with Gasteiger partial charge in [-0.1, -0.05) is 0 Å². The van der Waals surface area contributed by atoms with Crippen LogP contribution in [0.1, 0.15) is 4.79 Å². The first-order chi connectivity index (χ1) is 6.36. The lowest BCUT2D eigenvalue weighted by Crippen LogP contribution is -2.49. The highest BCUT2D eigenvalue weighted by Crippen LogP contribution is 2.18. The molecular weight excluding hydrogens is 170 g/mol. The lowest BCUT2D eigenvalue weighted by atomic mass is 10.2. The van der Waals surface area contributed by atoms with Gasteiger partial charge in [0.25, 0.3) is 5.91 Å². The molecule has 1 aromatic heterocycles. The van der Waals surface area contributed by atoms with Crippen molar-refractivity contribution in [3.63, 3.8) is 0 Å². The van der Waals surface area contributed by atoms with Crippen molar-refractivity contribution in [3.8, 4) is 0 Å². The summed E-state index contributed by atoms with van der Waals surface area (Å²) < 4.78 is 1.49. The van der Waals surface area contributed by atoms with E-state index in [0.29, 0.717) is 5.95 Å². The van der Waals surface area contributed by atoms with Gasteiger partial charge in [0.2, 0.25) is 5.95 Å². The van der Waals surface area contributed by atoms with Crippen molar-refractivity contribution in [2.24, 2.45) is 4.99 Å². The monoisotopic (exact) mass is 177 g/mol. The maximum Gasteiger partial charge on any atom is 0.260 e. The molecule has 6 nitrogen and oxygen atoms in total. The van der Waals surface area contributed by atoms with Crippen LogP contribution in [-0.2, 0) is 0 Å². The van der Waals surface area contributed by atoms with Crippen LogP contribution in [0.15, 0.2) is 17.4 Å². The van der Waals surface area contributed by atoms with Gasteiger partial charge in [-0.25, -0.2) is 9.98 Å². The molecule has 6 heteroatoms. The molecule has 66 valence electrons. The van der Waals surface area contributed by atoms with Gasteiger partial charge in [0, 0.05) is 12.4 Å². The summed E-state index contributed by atoms with van der Waals surface area (Å²) in [5, 5.41) is 5.93. The van der Waals surface area contributed by atoms with Crippen LogP contribution in [0, 0.1) is 0 Å². The van der Waals surface area contributed by atoms with Gasteiger partial charge in [-0.2, -0.15) is 0 Å². The Balaban J connectivity index is 2.10. The van der Waals surface area contributed by atoms with Crippen LogP contribution in [0.4, 0.5) is 5.95 Å². The third-order valence-electron chi connectivity index (χ3n) is 2.23. The Labute approximate surface area is 73.7 Å². The van der Waals surface area contributed by atoms with Crippen molar-refractivity contribution in [1.29, 1.82) is 0 Å². The van der Waals surface area contributed by atoms with Gasteiger partial charge >= 0.3 is 0 Å². The number of aromatic nitrogens is 2. The Hall–Kier alpha value is -1.85. The lowest BCUT2D eigenvalue weighted by molar-refractivity contribution is 0.0858. The minimum atomic E-state index is -0.290. The topological polar surface area (TPSA) is 71.3 Å². The fourth-order valence-electron chi connectivity index (χ4n) is 1.58. The SMILES string of the molecule is O=C1C2NC=NC2Nc2nccn21. The van der Waals surface area contributed by atoms with E-state index in [1.165, 1.54) is 4.57 Å². The summed E-state index contributed by atoms with van der Waals surface area (Å²) in [5.41, 5.74) is 0. The van der Waals surface area contributed by atoms with E-state index in [9.17, 15) is 4.79 Å². The normalized spacial score (nSPS) is 29.1. The van der Waals surface area contributed by atoms with E-state index in [2.05, 4.69) is 20.6 Å². The number of aliphatic imine (C=N–C) groups is 1. The average Bonchev–Trinajstić information content (AvgIpc) is 2.71. The smallest absolute Gasteiger partial charge is 0.260 e. The fraction of sp³-hybridized carbons (Fsp3) is 0.286. The van der Waals surface area contributed by atoms with Gasteiger partial charge < -0.3 is 10.6 Å². The third-order valence-corrected chi connectivity index (χ3v) is 2.23. The van der Waals surface area contributed by atoms with E-state index in [1.54, 1.807) is 18.7 Å². The molecule has 0 radical (unpaired) electrons. The molecule has 1 aromatic rings. The predicted molar refractivity (Wildman–Crippen MR) is 45.7 cm³/mol. The maximum absolute atomic E-state index is 11.7. The Bertz CT molecular complexity index is 395. The van der Waals surface area contributed by atoms with Crippen LogP contribution < -0.4 is 10.6 Å². The van der Waals surface area contributed by atoms with Crippen LogP contribution in [0.25, 0.3) is 0 Å². The summed E-state index contributed by atoms with van der Waals surface area (Å²) in [5.74, 6) is 0.542. The first kappa shape index (κ1) is 6.64. The van der Waals surface area contributed by atoms with Crippen molar-refractivity contribution >= 4 is 18.2 Å². The number of nitrogens with zero attached hydrogens (tertiary/aromatic N) is 3. The predicted octanol–water partition coefficient (Wildman–Crippen LogP) is -0.725. The molecule has 2 aliphatic rings. The maximum atomic E-state index is 11.7. The number of rotatable bonds is 0. The van der Waals surface area contributed by atoms with Crippen LogP contribution in [0.3, 0.4) is 0 Å². The van der Waals surface area contributed by atoms with Gasteiger partial charge in [0.15, 0.2) is 6.17 Å². The standard InChI is InChI=1S/C7H7N5O/c13-6-4-5(10-3-9-4)11-7-8-1-2-12(6)7/h1-5H,(H,8,11)(H,9,10). The molecule has 2 atom stereocenters. The molecule has 13 heavy (non-hydrogen) atoms. The lowest BCUT2D eigenvalue weighted by Gasteiger charge is -2.24. The van der Waals surface area contributed by atoms with E-state index in [1.807, 2.05) is 0 Å². The van der Waals surface area contributed by atoms with Crippen LogP contribution in [-0.4, -0.2) is 34.0 Å². The summed E-state index contributed by atoms with van der Waals surface area (Å²) in [6.45, 7) is 0. The quantitative estimate of drug-likeness (QED) is 0.548. The molecule has 0 saturated heterocycles. The second-order valence-electron chi connectivity index (χ2n) is 2.97. The number of hydrogen-bond donors (Lipinski definition) is 2. The molecule has 0 bridgehead atoms.